The topological polar surface area (TPSA) is 83.4 Å². The minimum atomic E-state index is -0.373. The van der Waals surface area contributed by atoms with Crippen LogP contribution in [0, 0.1) is 0 Å². The molecule has 134 valence electrons. The zero-order valence-electron chi connectivity index (χ0n) is 14.7. The van der Waals surface area contributed by atoms with Crippen LogP contribution < -0.4 is 10.7 Å². The van der Waals surface area contributed by atoms with Crippen LogP contribution in [0.4, 0.5) is 5.69 Å². The molecule has 6 nitrogen and oxygen atoms in total. The number of hydrazone groups is 1. The van der Waals surface area contributed by atoms with E-state index in [0.29, 0.717) is 22.7 Å². The summed E-state index contributed by atoms with van der Waals surface area (Å²) in [7, 11) is 0. The van der Waals surface area contributed by atoms with Gasteiger partial charge in [0, 0.05) is 17.4 Å². The maximum Gasteiger partial charge on any atom is 0.289 e. The van der Waals surface area contributed by atoms with Crippen molar-refractivity contribution in [1.82, 2.24) is 10.4 Å². The van der Waals surface area contributed by atoms with E-state index in [1.807, 2.05) is 30.3 Å². The van der Waals surface area contributed by atoms with Gasteiger partial charge in [0.25, 0.3) is 11.8 Å². The van der Waals surface area contributed by atoms with Gasteiger partial charge in [-0.15, -0.1) is 0 Å². The largest absolute Gasteiger partial charge is 0.322 e. The molecule has 0 bridgehead atoms. The molecule has 6 heteroatoms. The highest BCUT2D eigenvalue weighted by molar-refractivity contribution is 6.05. The molecular formula is C21H18N4O2. The second-order valence-corrected chi connectivity index (χ2v) is 5.75. The van der Waals surface area contributed by atoms with Crippen LogP contribution in [0.3, 0.4) is 0 Å². The van der Waals surface area contributed by atoms with Crippen molar-refractivity contribution < 1.29 is 9.59 Å². The van der Waals surface area contributed by atoms with E-state index < -0.39 is 0 Å². The molecule has 0 aliphatic heterocycles. The summed E-state index contributed by atoms with van der Waals surface area (Å²) < 4.78 is 0. The SMILES string of the molecule is C/C(=N\NC(=O)c1ccccn1)c1ccc(NC(=O)c2ccccc2)cc1. The second kappa shape index (κ2) is 8.53. The van der Waals surface area contributed by atoms with Gasteiger partial charge < -0.3 is 5.32 Å². The molecule has 3 rings (SSSR count). The Hall–Kier alpha value is -3.80. The lowest BCUT2D eigenvalue weighted by Gasteiger charge is -2.07. The van der Waals surface area contributed by atoms with Gasteiger partial charge in [0.2, 0.25) is 0 Å². The quantitative estimate of drug-likeness (QED) is 0.541. The molecule has 0 aliphatic carbocycles. The van der Waals surface area contributed by atoms with Gasteiger partial charge in [-0.1, -0.05) is 36.4 Å². The monoisotopic (exact) mass is 358 g/mol. The Morgan fingerprint density at radius 1 is 0.815 bits per heavy atom. The van der Waals surface area contributed by atoms with Crippen molar-refractivity contribution in [1.29, 1.82) is 0 Å². The Balaban J connectivity index is 1.62. The summed E-state index contributed by atoms with van der Waals surface area (Å²) in [5.74, 6) is -0.543. The highest BCUT2D eigenvalue weighted by Gasteiger charge is 2.07. The van der Waals surface area contributed by atoms with Gasteiger partial charge in [-0.3, -0.25) is 14.6 Å². The summed E-state index contributed by atoms with van der Waals surface area (Å²) in [4.78, 5) is 28.1. The molecule has 0 unspecified atom stereocenters. The number of benzene rings is 2. The van der Waals surface area contributed by atoms with Crippen molar-refractivity contribution >= 4 is 23.2 Å². The van der Waals surface area contributed by atoms with Crippen LogP contribution in [0.5, 0.6) is 0 Å². The Kier molecular flexibility index (Phi) is 5.69. The fourth-order valence-corrected chi connectivity index (χ4v) is 2.34. The molecule has 0 atom stereocenters. The van der Waals surface area contributed by atoms with E-state index in [2.05, 4.69) is 20.8 Å². The summed E-state index contributed by atoms with van der Waals surface area (Å²) in [6.07, 6.45) is 1.55. The first-order chi connectivity index (χ1) is 13.1. The molecule has 0 aliphatic rings. The maximum absolute atomic E-state index is 12.2. The first-order valence-corrected chi connectivity index (χ1v) is 8.36. The number of pyridine rings is 1. The van der Waals surface area contributed by atoms with E-state index in [1.54, 1.807) is 55.6 Å². The number of aromatic nitrogens is 1. The zero-order chi connectivity index (χ0) is 19.1. The molecule has 0 saturated carbocycles. The summed E-state index contributed by atoms with van der Waals surface area (Å²) in [5.41, 5.74) is 5.52. The van der Waals surface area contributed by atoms with Crippen molar-refractivity contribution in [2.75, 3.05) is 5.32 Å². The zero-order valence-corrected chi connectivity index (χ0v) is 14.7. The fourth-order valence-electron chi connectivity index (χ4n) is 2.34. The maximum atomic E-state index is 12.2. The molecule has 0 fully saturated rings. The van der Waals surface area contributed by atoms with Gasteiger partial charge >= 0.3 is 0 Å². The van der Waals surface area contributed by atoms with Crippen LogP contribution in [-0.2, 0) is 0 Å². The molecule has 1 heterocycles. The molecule has 2 amide bonds. The average molecular weight is 358 g/mol. The Labute approximate surface area is 157 Å². The van der Waals surface area contributed by atoms with Crippen LogP contribution in [-0.4, -0.2) is 22.5 Å². The van der Waals surface area contributed by atoms with E-state index in [4.69, 9.17) is 0 Å². The smallest absolute Gasteiger partial charge is 0.289 e. The highest BCUT2D eigenvalue weighted by Crippen LogP contribution is 2.12. The molecule has 2 aromatic carbocycles. The van der Waals surface area contributed by atoms with Crippen molar-refractivity contribution in [3.63, 3.8) is 0 Å². The van der Waals surface area contributed by atoms with Gasteiger partial charge in [-0.2, -0.15) is 5.10 Å². The second-order valence-electron chi connectivity index (χ2n) is 5.75. The number of carbonyl (C=O) groups excluding carboxylic acids is 2. The van der Waals surface area contributed by atoms with Crippen LogP contribution in [0.15, 0.2) is 84.1 Å². The van der Waals surface area contributed by atoms with Crippen LogP contribution in [0.1, 0.15) is 33.3 Å². The lowest BCUT2D eigenvalue weighted by molar-refractivity contribution is 0.0949. The number of carbonyl (C=O) groups is 2. The number of nitrogens with one attached hydrogen (secondary N) is 2. The fraction of sp³-hybridized carbons (Fsp3) is 0.0476. The predicted molar refractivity (Wildman–Crippen MR) is 105 cm³/mol. The average Bonchev–Trinajstić information content (AvgIpc) is 2.73. The number of hydrogen-bond acceptors (Lipinski definition) is 4. The third-order valence-corrected chi connectivity index (χ3v) is 3.82. The first-order valence-electron chi connectivity index (χ1n) is 8.36. The van der Waals surface area contributed by atoms with Gasteiger partial charge in [0.15, 0.2) is 0 Å². The summed E-state index contributed by atoms with van der Waals surface area (Å²) >= 11 is 0. The molecule has 27 heavy (non-hydrogen) atoms. The first kappa shape index (κ1) is 18.0. The molecule has 1 aromatic heterocycles. The minimum absolute atomic E-state index is 0.170. The Morgan fingerprint density at radius 2 is 1.52 bits per heavy atom. The minimum Gasteiger partial charge on any atom is -0.322 e. The normalized spacial score (nSPS) is 10.9. The molecule has 3 aromatic rings. The number of amides is 2. The lowest BCUT2D eigenvalue weighted by atomic mass is 10.1. The third kappa shape index (κ3) is 4.85. The highest BCUT2D eigenvalue weighted by atomic mass is 16.2. The third-order valence-electron chi connectivity index (χ3n) is 3.82. The summed E-state index contributed by atoms with van der Waals surface area (Å²) in [6, 6.07) is 21.3. The molecular weight excluding hydrogens is 340 g/mol. The lowest BCUT2D eigenvalue weighted by Crippen LogP contribution is -2.20. The van der Waals surface area contributed by atoms with E-state index in [9.17, 15) is 9.59 Å². The Morgan fingerprint density at radius 3 is 2.19 bits per heavy atom. The summed E-state index contributed by atoms with van der Waals surface area (Å²) in [6.45, 7) is 1.79. The van der Waals surface area contributed by atoms with Gasteiger partial charge in [0.1, 0.15) is 5.69 Å². The number of nitrogens with zero attached hydrogens (tertiary/aromatic N) is 2. The molecule has 0 radical (unpaired) electrons. The van der Waals surface area contributed by atoms with Crippen molar-refractivity contribution in [2.45, 2.75) is 6.92 Å². The van der Waals surface area contributed by atoms with Crippen molar-refractivity contribution in [3.05, 3.63) is 95.8 Å². The van der Waals surface area contributed by atoms with Crippen LogP contribution >= 0.6 is 0 Å². The Bertz CT molecular complexity index is 952. The molecule has 0 spiro atoms. The van der Waals surface area contributed by atoms with Gasteiger partial charge in [-0.05, 0) is 48.9 Å². The van der Waals surface area contributed by atoms with Crippen LogP contribution in [0.2, 0.25) is 0 Å². The number of anilines is 1. The van der Waals surface area contributed by atoms with E-state index in [0.717, 1.165) is 5.56 Å². The van der Waals surface area contributed by atoms with Crippen molar-refractivity contribution in [2.24, 2.45) is 5.10 Å². The van der Waals surface area contributed by atoms with Gasteiger partial charge in [-0.25, -0.2) is 5.43 Å². The molecule has 2 N–H and O–H groups in total. The number of rotatable bonds is 5. The van der Waals surface area contributed by atoms with E-state index in [-0.39, 0.29) is 11.8 Å². The number of hydrogen-bond donors (Lipinski definition) is 2. The van der Waals surface area contributed by atoms with Crippen molar-refractivity contribution in [3.8, 4) is 0 Å². The van der Waals surface area contributed by atoms with Gasteiger partial charge in [0.05, 0.1) is 5.71 Å². The standard InChI is InChI=1S/C21H18N4O2/c1-15(24-25-21(27)19-9-5-6-14-22-19)16-10-12-18(13-11-16)23-20(26)17-7-3-2-4-8-17/h2-14H,1H3,(H,23,26)(H,25,27)/b24-15+. The van der Waals surface area contributed by atoms with E-state index in [1.165, 1.54) is 0 Å². The van der Waals surface area contributed by atoms with Crippen LogP contribution in [0.25, 0.3) is 0 Å². The van der Waals surface area contributed by atoms with E-state index >= 15 is 0 Å². The molecule has 0 saturated heterocycles. The summed E-state index contributed by atoms with van der Waals surface area (Å²) in [5, 5.41) is 6.94. The predicted octanol–water partition coefficient (Wildman–Crippen LogP) is 3.49.